The second kappa shape index (κ2) is 8.32. The minimum Gasteiger partial charge on any atom is -0.495 e. The number of fused-ring (bicyclic) bond motifs is 2. The van der Waals surface area contributed by atoms with Gasteiger partial charge in [-0.25, -0.2) is 9.50 Å². The van der Waals surface area contributed by atoms with Crippen molar-refractivity contribution in [2.75, 3.05) is 33.0 Å². The van der Waals surface area contributed by atoms with Gasteiger partial charge in [0.15, 0.2) is 5.82 Å². The molecule has 9 heteroatoms. The van der Waals surface area contributed by atoms with Gasteiger partial charge in [0.2, 0.25) is 0 Å². The molecule has 0 amide bonds. The third-order valence-electron chi connectivity index (χ3n) is 6.12. The Hall–Kier alpha value is -2.72. The molecular formula is C23H28N6O2S. The molecule has 0 radical (unpaired) electrons. The van der Waals surface area contributed by atoms with Gasteiger partial charge in [-0.05, 0) is 36.4 Å². The van der Waals surface area contributed by atoms with Crippen molar-refractivity contribution in [2.45, 2.75) is 32.5 Å². The highest BCUT2D eigenvalue weighted by Gasteiger charge is 2.27. The minimum absolute atomic E-state index is 0.213. The van der Waals surface area contributed by atoms with Gasteiger partial charge < -0.3 is 20.9 Å². The van der Waals surface area contributed by atoms with Gasteiger partial charge in [-0.1, -0.05) is 6.07 Å². The summed E-state index contributed by atoms with van der Waals surface area (Å²) < 4.78 is 14.4. The van der Waals surface area contributed by atoms with E-state index < -0.39 is 0 Å². The predicted molar refractivity (Wildman–Crippen MR) is 128 cm³/mol. The molecule has 3 aromatic heterocycles. The van der Waals surface area contributed by atoms with E-state index in [-0.39, 0.29) is 6.04 Å². The first-order chi connectivity index (χ1) is 15.5. The van der Waals surface area contributed by atoms with E-state index in [1.807, 2.05) is 4.52 Å². The predicted octanol–water partition coefficient (Wildman–Crippen LogP) is 3.19. The first-order valence-electron chi connectivity index (χ1n) is 10.7. The zero-order chi connectivity index (χ0) is 22.4. The second-order valence-electron chi connectivity index (χ2n) is 8.42. The summed E-state index contributed by atoms with van der Waals surface area (Å²) in [5.41, 5.74) is 17.7. The zero-order valence-electron chi connectivity index (χ0n) is 18.6. The Morgan fingerprint density at radius 3 is 2.81 bits per heavy atom. The lowest BCUT2D eigenvalue weighted by atomic mass is 10.1. The van der Waals surface area contributed by atoms with Crippen molar-refractivity contribution in [2.24, 2.45) is 5.73 Å². The van der Waals surface area contributed by atoms with Crippen LogP contribution in [0.15, 0.2) is 24.5 Å². The fourth-order valence-corrected chi connectivity index (χ4v) is 5.91. The standard InChI is InChI=1S/C23H28N6O2S/c1-13-6-14-8-19(32-22(14)18(7-13)31-3)20-16(11-30-2)17(10-28-5-4-15(24)9-28)29-21(20)23(25)26-12-27-29/h6-8,12,15H,4-5,9-11,24H2,1-3H3,(H2,25,26,27). The summed E-state index contributed by atoms with van der Waals surface area (Å²) in [5.74, 6) is 1.33. The van der Waals surface area contributed by atoms with Gasteiger partial charge >= 0.3 is 0 Å². The van der Waals surface area contributed by atoms with Crippen LogP contribution in [-0.2, 0) is 17.9 Å². The Balaban J connectivity index is 1.75. The fourth-order valence-electron chi connectivity index (χ4n) is 4.71. The average Bonchev–Trinajstić information content (AvgIpc) is 3.45. The number of hydrogen-bond acceptors (Lipinski definition) is 8. The van der Waals surface area contributed by atoms with E-state index in [2.05, 4.69) is 40.1 Å². The number of nitrogen functional groups attached to an aromatic ring is 1. The molecule has 0 saturated carbocycles. The van der Waals surface area contributed by atoms with Gasteiger partial charge in [-0.2, -0.15) is 5.10 Å². The summed E-state index contributed by atoms with van der Waals surface area (Å²) in [7, 11) is 3.43. The Morgan fingerprint density at radius 2 is 2.09 bits per heavy atom. The Kier molecular flexibility index (Phi) is 5.50. The van der Waals surface area contributed by atoms with Crippen molar-refractivity contribution in [1.29, 1.82) is 0 Å². The number of ether oxygens (including phenoxy) is 2. The molecule has 1 aliphatic rings. The van der Waals surface area contributed by atoms with E-state index in [9.17, 15) is 0 Å². The number of methoxy groups -OCH3 is 2. The molecule has 1 saturated heterocycles. The number of nitrogens with zero attached hydrogens (tertiary/aromatic N) is 4. The number of benzene rings is 1. The lowest BCUT2D eigenvalue weighted by Gasteiger charge is -2.16. The molecule has 1 fully saturated rings. The molecule has 4 N–H and O–H groups in total. The van der Waals surface area contributed by atoms with Crippen molar-refractivity contribution >= 4 is 32.8 Å². The Labute approximate surface area is 190 Å². The number of hydrogen-bond donors (Lipinski definition) is 2. The largest absolute Gasteiger partial charge is 0.495 e. The van der Waals surface area contributed by atoms with Gasteiger partial charge in [-0.15, -0.1) is 11.3 Å². The lowest BCUT2D eigenvalue weighted by Crippen LogP contribution is -2.27. The van der Waals surface area contributed by atoms with Gasteiger partial charge in [-0.3, -0.25) is 4.90 Å². The molecule has 1 aromatic carbocycles. The van der Waals surface area contributed by atoms with Crippen LogP contribution in [0.2, 0.25) is 0 Å². The van der Waals surface area contributed by atoms with Crippen molar-refractivity contribution < 1.29 is 9.47 Å². The van der Waals surface area contributed by atoms with E-state index in [1.54, 1.807) is 25.6 Å². The molecule has 8 nitrogen and oxygen atoms in total. The van der Waals surface area contributed by atoms with E-state index in [1.165, 1.54) is 6.33 Å². The average molecular weight is 453 g/mol. The maximum atomic E-state index is 6.41. The zero-order valence-corrected chi connectivity index (χ0v) is 19.4. The van der Waals surface area contributed by atoms with E-state index in [0.29, 0.717) is 12.4 Å². The minimum atomic E-state index is 0.213. The summed E-state index contributed by atoms with van der Waals surface area (Å²) in [5, 5.41) is 5.73. The number of anilines is 1. The second-order valence-corrected chi connectivity index (χ2v) is 9.47. The van der Waals surface area contributed by atoms with Gasteiger partial charge in [0.25, 0.3) is 0 Å². The maximum absolute atomic E-state index is 6.41. The van der Waals surface area contributed by atoms with Crippen molar-refractivity contribution in [3.63, 3.8) is 0 Å². The topological polar surface area (TPSA) is 104 Å². The van der Waals surface area contributed by atoms with Gasteiger partial charge in [0.1, 0.15) is 17.6 Å². The molecule has 0 spiro atoms. The van der Waals surface area contributed by atoms with Crippen LogP contribution in [0.4, 0.5) is 5.82 Å². The Morgan fingerprint density at radius 1 is 1.25 bits per heavy atom. The van der Waals surface area contributed by atoms with Crippen molar-refractivity contribution in [3.8, 4) is 16.2 Å². The monoisotopic (exact) mass is 452 g/mol. The lowest BCUT2D eigenvalue weighted by molar-refractivity contribution is 0.183. The number of thiophene rings is 1. The third-order valence-corrected chi connectivity index (χ3v) is 7.31. The summed E-state index contributed by atoms with van der Waals surface area (Å²) in [4.78, 5) is 7.77. The molecule has 0 bridgehead atoms. The molecule has 5 rings (SSSR count). The van der Waals surface area contributed by atoms with Crippen LogP contribution in [0.3, 0.4) is 0 Å². The van der Waals surface area contributed by atoms with Crippen LogP contribution in [0, 0.1) is 6.92 Å². The molecule has 1 aliphatic heterocycles. The summed E-state index contributed by atoms with van der Waals surface area (Å²) >= 11 is 1.69. The van der Waals surface area contributed by atoms with Crippen LogP contribution < -0.4 is 16.2 Å². The van der Waals surface area contributed by atoms with E-state index in [0.717, 1.165) is 74.7 Å². The smallest absolute Gasteiger partial charge is 0.152 e. The van der Waals surface area contributed by atoms with E-state index in [4.69, 9.17) is 20.9 Å². The molecule has 32 heavy (non-hydrogen) atoms. The van der Waals surface area contributed by atoms with Crippen LogP contribution in [0.1, 0.15) is 23.2 Å². The summed E-state index contributed by atoms with van der Waals surface area (Å²) in [6.07, 6.45) is 2.52. The highest BCUT2D eigenvalue weighted by atomic mass is 32.1. The summed E-state index contributed by atoms with van der Waals surface area (Å²) in [6.45, 7) is 5.11. The summed E-state index contributed by atoms with van der Waals surface area (Å²) in [6, 6.07) is 6.66. The molecule has 4 heterocycles. The molecular weight excluding hydrogens is 424 g/mol. The highest BCUT2D eigenvalue weighted by molar-refractivity contribution is 7.22. The van der Waals surface area contributed by atoms with Crippen molar-refractivity contribution in [3.05, 3.63) is 41.3 Å². The highest BCUT2D eigenvalue weighted by Crippen LogP contribution is 2.44. The van der Waals surface area contributed by atoms with Crippen molar-refractivity contribution in [1.82, 2.24) is 19.5 Å². The first-order valence-corrected chi connectivity index (χ1v) is 11.5. The van der Waals surface area contributed by atoms with Crippen LogP contribution in [0.25, 0.3) is 26.0 Å². The quantitative estimate of drug-likeness (QED) is 0.463. The van der Waals surface area contributed by atoms with Gasteiger partial charge in [0.05, 0.1) is 24.1 Å². The van der Waals surface area contributed by atoms with Crippen LogP contribution in [0.5, 0.6) is 5.75 Å². The maximum Gasteiger partial charge on any atom is 0.152 e. The van der Waals surface area contributed by atoms with Gasteiger partial charge in [0, 0.05) is 48.8 Å². The number of aryl methyl sites for hydroxylation is 1. The third kappa shape index (κ3) is 3.51. The molecule has 1 atom stereocenters. The molecule has 4 aromatic rings. The number of aromatic nitrogens is 3. The molecule has 168 valence electrons. The Bertz CT molecular complexity index is 1300. The normalized spacial score (nSPS) is 17.1. The number of likely N-dealkylation sites (tertiary alicyclic amines) is 1. The molecule has 1 unspecified atom stereocenters. The SMILES string of the molecule is COCc1c(-c2cc3cc(C)cc(OC)c3s2)c2c(N)ncnn2c1CN1CCC(N)C1. The first kappa shape index (κ1) is 21.1. The number of rotatable bonds is 6. The molecule has 0 aliphatic carbocycles. The van der Waals surface area contributed by atoms with Crippen LogP contribution >= 0.6 is 11.3 Å². The van der Waals surface area contributed by atoms with E-state index >= 15 is 0 Å². The number of nitrogens with two attached hydrogens (primary N) is 2. The van der Waals surface area contributed by atoms with Crippen LogP contribution in [-0.4, -0.2) is 52.8 Å². The fraction of sp³-hybridized carbons (Fsp3) is 0.391.